The van der Waals surface area contributed by atoms with Crippen LogP contribution in [-0.4, -0.2) is 63.5 Å². The van der Waals surface area contributed by atoms with Crippen LogP contribution in [0.15, 0.2) is 71.6 Å². The minimum Gasteiger partial charge on any atom is -0.351 e. The van der Waals surface area contributed by atoms with Gasteiger partial charge in [0.2, 0.25) is 0 Å². The van der Waals surface area contributed by atoms with E-state index in [1.165, 1.54) is 41.7 Å². The molecule has 1 saturated heterocycles. The summed E-state index contributed by atoms with van der Waals surface area (Å²) in [5.41, 5.74) is 1.21. The van der Waals surface area contributed by atoms with Gasteiger partial charge in [-0.2, -0.15) is 0 Å². The summed E-state index contributed by atoms with van der Waals surface area (Å²) < 4.78 is 42.3. The van der Waals surface area contributed by atoms with E-state index < -0.39 is 10.0 Å². The number of hydrogen-bond acceptors (Lipinski definition) is 7. The summed E-state index contributed by atoms with van der Waals surface area (Å²) in [4.78, 5) is 21.6. The molecule has 0 unspecified atom stereocenters. The molecule has 1 fully saturated rings. The highest BCUT2D eigenvalue weighted by Crippen LogP contribution is 2.30. The Bertz CT molecular complexity index is 1540. The molecule has 1 amide bonds. The Morgan fingerprint density at radius 1 is 1.00 bits per heavy atom. The van der Waals surface area contributed by atoms with Gasteiger partial charge in [0.15, 0.2) is 5.13 Å². The number of thiazole rings is 1. The highest BCUT2D eigenvalue weighted by molar-refractivity contribution is 7.92. The van der Waals surface area contributed by atoms with E-state index in [4.69, 9.17) is 11.6 Å². The third-order valence-corrected chi connectivity index (χ3v) is 8.97. The lowest BCUT2D eigenvalue weighted by molar-refractivity contribution is 0.0948. The molecule has 0 radical (unpaired) electrons. The second-order valence-electron chi connectivity index (χ2n) is 8.80. The summed E-state index contributed by atoms with van der Waals surface area (Å²) in [6.07, 6.45) is 0. The van der Waals surface area contributed by atoms with Crippen LogP contribution < -0.4 is 14.9 Å². The van der Waals surface area contributed by atoms with Gasteiger partial charge in [0.1, 0.15) is 11.3 Å². The van der Waals surface area contributed by atoms with Crippen LogP contribution in [-0.2, 0) is 10.0 Å². The summed E-state index contributed by atoms with van der Waals surface area (Å²) in [7, 11) is -3.76. The molecule has 0 atom stereocenters. The molecule has 13 heteroatoms. The zero-order chi connectivity index (χ0) is 26.7. The van der Waals surface area contributed by atoms with Crippen molar-refractivity contribution in [3.8, 4) is 0 Å². The average Bonchev–Trinajstić information content (AvgIpc) is 3.35. The molecular formula is C26H26Cl2FN5O3S2. The van der Waals surface area contributed by atoms with Crippen LogP contribution in [0, 0.1) is 5.82 Å². The molecule has 8 nitrogen and oxygen atoms in total. The lowest BCUT2D eigenvalue weighted by Gasteiger charge is -2.34. The minimum atomic E-state index is -3.76. The molecule has 2 N–H and O–H groups in total. The number of rotatable bonds is 8. The van der Waals surface area contributed by atoms with Gasteiger partial charge in [-0.15, -0.1) is 12.4 Å². The van der Waals surface area contributed by atoms with Crippen LogP contribution in [0.3, 0.4) is 0 Å². The predicted molar refractivity (Wildman–Crippen MR) is 157 cm³/mol. The van der Waals surface area contributed by atoms with Gasteiger partial charge in [-0.3, -0.25) is 14.4 Å². The third-order valence-electron chi connectivity index (χ3n) is 6.24. The van der Waals surface area contributed by atoms with E-state index in [9.17, 15) is 17.6 Å². The Kier molecular flexibility index (Phi) is 9.29. The number of nitrogens with zero attached hydrogens (tertiary/aromatic N) is 3. The fourth-order valence-electron chi connectivity index (χ4n) is 4.15. The van der Waals surface area contributed by atoms with Crippen LogP contribution in [0.1, 0.15) is 10.4 Å². The summed E-state index contributed by atoms with van der Waals surface area (Å²) >= 11 is 7.32. The van der Waals surface area contributed by atoms with Crippen molar-refractivity contribution in [2.75, 3.05) is 48.9 Å². The number of hydrogen-bond donors (Lipinski definition) is 2. The normalized spacial score (nSPS) is 14.2. The smallest absolute Gasteiger partial charge is 0.261 e. The van der Waals surface area contributed by atoms with Crippen molar-refractivity contribution in [3.63, 3.8) is 0 Å². The van der Waals surface area contributed by atoms with E-state index in [2.05, 4.69) is 24.8 Å². The number of aromatic nitrogens is 1. The van der Waals surface area contributed by atoms with Crippen molar-refractivity contribution in [2.24, 2.45) is 0 Å². The minimum absolute atomic E-state index is 0. The maximum Gasteiger partial charge on any atom is 0.261 e. The molecule has 1 aromatic heterocycles. The van der Waals surface area contributed by atoms with Crippen LogP contribution >= 0.6 is 35.3 Å². The van der Waals surface area contributed by atoms with Crippen molar-refractivity contribution in [1.82, 2.24) is 15.2 Å². The lowest BCUT2D eigenvalue weighted by atomic mass is 10.2. The molecule has 0 saturated carbocycles. The highest BCUT2D eigenvalue weighted by Gasteiger charge is 2.21. The maximum atomic E-state index is 14.0. The van der Waals surface area contributed by atoms with Gasteiger partial charge in [-0.1, -0.05) is 29.0 Å². The maximum absolute atomic E-state index is 14.0. The van der Waals surface area contributed by atoms with Gasteiger partial charge >= 0.3 is 0 Å². The molecule has 206 valence electrons. The fraction of sp³-hybridized carbons (Fsp3) is 0.231. The number of anilines is 2. The highest BCUT2D eigenvalue weighted by atomic mass is 35.5. The Hall–Kier alpha value is -2.96. The van der Waals surface area contributed by atoms with Crippen molar-refractivity contribution in [1.29, 1.82) is 0 Å². The van der Waals surface area contributed by atoms with Gasteiger partial charge < -0.3 is 10.2 Å². The monoisotopic (exact) mass is 609 g/mol. The number of nitrogens with one attached hydrogen (secondary N) is 2. The molecular weight excluding hydrogens is 584 g/mol. The molecule has 3 aromatic carbocycles. The van der Waals surface area contributed by atoms with E-state index in [0.717, 1.165) is 36.0 Å². The molecule has 2 heterocycles. The van der Waals surface area contributed by atoms with Crippen LogP contribution in [0.2, 0.25) is 5.02 Å². The van der Waals surface area contributed by atoms with Crippen molar-refractivity contribution in [3.05, 3.63) is 83.1 Å². The Morgan fingerprint density at radius 2 is 1.69 bits per heavy atom. The van der Waals surface area contributed by atoms with Crippen molar-refractivity contribution in [2.45, 2.75) is 4.90 Å². The van der Waals surface area contributed by atoms with Crippen LogP contribution in [0.5, 0.6) is 0 Å². The van der Waals surface area contributed by atoms with E-state index in [0.29, 0.717) is 34.9 Å². The van der Waals surface area contributed by atoms with E-state index in [1.807, 2.05) is 6.07 Å². The predicted octanol–water partition coefficient (Wildman–Crippen LogP) is 4.86. The largest absolute Gasteiger partial charge is 0.351 e. The second kappa shape index (κ2) is 12.5. The van der Waals surface area contributed by atoms with Gasteiger partial charge in [0.05, 0.1) is 9.60 Å². The standard InChI is InChI=1S/C26H25ClFN5O3S2.ClH/c27-19-6-10-21(11-7-19)38(35,36)31-20-8-4-18(5-9-20)25(34)29-12-13-32-14-16-33(17-15-32)26-30-24-22(28)2-1-3-23(24)37-26;/h1-11,31H,12-17H2,(H,29,34);1H. The number of sulfonamides is 1. The average molecular weight is 611 g/mol. The van der Waals surface area contributed by atoms with Gasteiger partial charge in [-0.25, -0.2) is 17.8 Å². The number of amides is 1. The molecule has 0 bridgehead atoms. The number of fused-ring (bicyclic) bond motifs is 1. The molecule has 39 heavy (non-hydrogen) atoms. The molecule has 1 aliphatic heterocycles. The first-order valence-corrected chi connectivity index (χ1v) is 14.7. The molecule has 4 aromatic rings. The quantitative estimate of drug-likeness (QED) is 0.296. The summed E-state index contributed by atoms with van der Waals surface area (Å²) in [6, 6.07) is 17.1. The number of carbonyl (C=O) groups excluding carboxylic acids is 1. The number of piperazine rings is 1. The fourth-order valence-corrected chi connectivity index (χ4v) is 6.36. The van der Waals surface area contributed by atoms with Gasteiger partial charge in [0.25, 0.3) is 15.9 Å². The summed E-state index contributed by atoms with van der Waals surface area (Å²) in [5, 5.41) is 4.19. The SMILES string of the molecule is Cl.O=C(NCCN1CCN(c2nc3c(F)cccc3s2)CC1)c1ccc(NS(=O)(=O)c2ccc(Cl)cc2)cc1. The third kappa shape index (κ3) is 6.98. The first-order chi connectivity index (χ1) is 18.3. The second-order valence-corrected chi connectivity index (χ2v) is 11.9. The van der Waals surface area contributed by atoms with E-state index >= 15 is 0 Å². The zero-order valence-corrected chi connectivity index (χ0v) is 23.8. The van der Waals surface area contributed by atoms with Gasteiger partial charge in [0, 0.05) is 55.5 Å². The lowest BCUT2D eigenvalue weighted by Crippen LogP contribution is -2.48. The Morgan fingerprint density at radius 3 is 2.36 bits per heavy atom. The Labute approximate surface area is 241 Å². The van der Waals surface area contributed by atoms with E-state index in [-0.39, 0.29) is 29.0 Å². The summed E-state index contributed by atoms with van der Waals surface area (Å²) in [5.74, 6) is -0.527. The van der Waals surface area contributed by atoms with Crippen molar-refractivity contribution < 1.29 is 17.6 Å². The van der Waals surface area contributed by atoms with Gasteiger partial charge in [-0.05, 0) is 60.7 Å². The van der Waals surface area contributed by atoms with Crippen molar-refractivity contribution >= 4 is 72.3 Å². The van der Waals surface area contributed by atoms with Crippen LogP contribution in [0.25, 0.3) is 10.2 Å². The number of para-hydroxylation sites is 1. The first-order valence-electron chi connectivity index (χ1n) is 12.0. The molecule has 0 spiro atoms. The van der Waals surface area contributed by atoms with E-state index in [1.54, 1.807) is 30.3 Å². The molecule has 5 rings (SSSR count). The zero-order valence-electron chi connectivity index (χ0n) is 20.6. The number of carbonyl (C=O) groups is 1. The number of benzene rings is 3. The number of halogens is 3. The topological polar surface area (TPSA) is 94.6 Å². The molecule has 0 aliphatic carbocycles. The summed E-state index contributed by atoms with van der Waals surface area (Å²) in [6.45, 7) is 4.38. The van der Waals surface area contributed by atoms with Crippen LogP contribution in [0.4, 0.5) is 15.2 Å². The molecule has 1 aliphatic rings. The Balaban J connectivity index is 0.00000353. The first kappa shape index (κ1) is 29.0.